The predicted octanol–water partition coefficient (Wildman–Crippen LogP) is -0.420. The molecule has 0 aromatic rings. The first-order valence-electron chi connectivity index (χ1n) is 3.07. The Balaban J connectivity index is 3.01. The summed E-state index contributed by atoms with van der Waals surface area (Å²) < 4.78 is 0. The normalized spacial score (nSPS) is 36.1. The minimum atomic E-state index is -1.49. The van der Waals surface area contributed by atoms with Gasteiger partial charge in [0.1, 0.15) is 11.9 Å². The second-order valence-corrected chi connectivity index (χ2v) is 2.42. The fourth-order valence-electron chi connectivity index (χ4n) is 0.826. The average Bonchev–Trinajstić information content (AvgIpc) is 1.98. The molecule has 4 heteroatoms. The minimum absolute atomic E-state index is 0.0978. The first kappa shape index (κ1) is 7.79. The third-order valence-electron chi connectivity index (χ3n) is 1.52. The molecule has 1 aliphatic carbocycles. The van der Waals surface area contributed by atoms with Crippen molar-refractivity contribution < 1.29 is 10.2 Å². The third kappa shape index (κ3) is 1.24. The number of nitrogens with two attached hydrogens (primary N) is 1. The number of nitriles is 1. The summed E-state index contributed by atoms with van der Waals surface area (Å²) in [5, 5.41) is 26.6. The lowest BCUT2D eigenvalue weighted by Gasteiger charge is -2.24. The molecule has 0 saturated carbocycles. The number of rotatable bonds is 0. The van der Waals surface area contributed by atoms with Crippen molar-refractivity contribution in [1.29, 1.82) is 5.26 Å². The van der Waals surface area contributed by atoms with E-state index in [1.165, 1.54) is 12.2 Å². The summed E-state index contributed by atoms with van der Waals surface area (Å²) in [5.41, 5.74) is 3.91. The molecule has 0 aromatic carbocycles. The summed E-state index contributed by atoms with van der Waals surface area (Å²) >= 11 is 0. The Kier molecular flexibility index (Phi) is 1.69. The van der Waals surface area contributed by atoms with Gasteiger partial charge in [-0.25, -0.2) is 0 Å². The van der Waals surface area contributed by atoms with E-state index in [9.17, 15) is 0 Å². The van der Waals surface area contributed by atoms with Gasteiger partial charge in [-0.3, -0.25) is 0 Å². The summed E-state index contributed by atoms with van der Waals surface area (Å²) in [4.78, 5) is 0. The van der Waals surface area contributed by atoms with Gasteiger partial charge in [-0.15, -0.1) is 0 Å². The predicted molar refractivity (Wildman–Crippen MR) is 38.4 cm³/mol. The van der Waals surface area contributed by atoms with Gasteiger partial charge < -0.3 is 15.9 Å². The Morgan fingerprint density at radius 1 is 1.73 bits per heavy atom. The largest absolute Gasteiger partial charge is 0.508 e. The maximum atomic E-state index is 9.16. The van der Waals surface area contributed by atoms with Gasteiger partial charge in [0.15, 0.2) is 5.54 Å². The molecule has 1 rings (SSSR count). The van der Waals surface area contributed by atoms with Crippen molar-refractivity contribution in [2.45, 2.75) is 11.6 Å². The van der Waals surface area contributed by atoms with Gasteiger partial charge in [0, 0.05) is 0 Å². The molecule has 0 radical (unpaired) electrons. The molecule has 2 atom stereocenters. The van der Waals surface area contributed by atoms with Crippen LogP contribution in [0.4, 0.5) is 0 Å². The van der Waals surface area contributed by atoms with Crippen LogP contribution in [-0.4, -0.2) is 21.9 Å². The molecule has 0 aliphatic heterocycles. The second kappa shape index (κ2) is 2.38. The van der Waals surface area contributed by atoms with Gasteiger partial charge >= 0.3 is 0 Å². The van der Waals surface area contributed by atoms with Gasteiger partial charge in [-0.1, -0.05) is 0 Å². The summed E-state index contributed by atoms with van der Waals surface area (Å²) in [6, 6.07) is 1.70. The zero-order valence-corrected chi connectivity index (χ0v) is 5.73. The van der Waals surface area contributed by atoms with Crippen LogP contribution < -0.4 is 5.73 Å². The van der Waals surface area contributed by atoms with E-state index in [-0.39, 0.29) is 5.76 Å². The maximum Gasteiger partial charge on any atom is 0.156 e. The standard InChI is InChI=1S/C7H8N2O2/c8-4-7(9)3-5(10)1-2-6(7)11/h1-3,6,10-11H,9H2. The fraction of sp³-hybridized carbons (Fsp3) is 0.286. The lowest BCUT2D eigenvalue weighted by atomic mass is 9.90. The highest BCUT2D eigenvalue weighted by atomic mass is 16.3. The molecule has 0 bridgehead atoms. The van der Waals surface area contributed by atoms with Crippen molar-refractivity contribution >= 4 is 0 Å². The van der Waals surface area contributed by atoms with Crippen LogP contribution in [0.2, 0.25) is 0 Å². The highest BCUT2D eigenvalue weighted by Gasteiger charge is 2.32. The van der Waals surface area contributed by atoms with Crippen LogP contribution in [0, 0.1) is 11.3 Å². The highest BCUT2D eigenvalue weighted by molar-refractivity contribution is 5.35. The number of allylic oxidation sites excluding steroid dienone is 1. The maximum absolute atomic E-state index is 9.16. The Hall–Kier alpha value is -1.31. The molecular formula is C7H8N2O2. The third-order valence-corrected chi connectivity index (χ3v) is 1.52. The van der Waals surface area contributed by atoms with Crippen molar-refractivity contribution in [3.8, 4) is 6.07 Å². The molecule has 0 fully saturated rings. The van der Waals surface area contributed by atoms with E-state index in [0.29, 0.717) is 0 Å². The van der Waals surface area contributed by atoms with E-state index in [1.807, 2.05) is 0 Å². The number of hydrogen-bond acceptors (Lipinski definition) is 4. The topological polar surface area (TPSA) is 90.3 Å². The number of hydrogen-bond donors (Lipinski definition) is 3. The van der Waals surface area contributed by atoms with Gasteiger partial charge in [-0.05, 0) is 18.2 Å². The Morgan fingerprint density at radius 3 is 2.82 bits per heavy atom. The monoisotopic (exact) mass is 152 g/mol. The Bertz CT molecular complexity index is 264. The molecule has 0 heterocycles. The molecule has 0 saturated heterocycles. The van der Waals surface area contributed by atoms with E-state index >= 15 is 0 Å². The SMILES string of the molecule is N#CC1(N)C=C(O)C=CC1O. The van der Waals surface area contributed by atoms with Crippen molar-refractivity contribution in [2.24, 2.45) is 5.73 Å². The Morgan fingerprint density at radius 2 is 2.36 bits per heavy atom. The van der Waals surface area contributed by atoms with Crippen LogP contribution >= 0.6 is 0 Å². The molecule has 1 aliphatic rings. The van der Waals surface area contributed by atoms with Gasteiger partial charge in [-0.2, -0.15) is 5.26 Å². The molecule has 0 amide bonds. The van der Waals surface area contributed by atoms with Crippen LogP contribution in [0.5, 0.6) is 0 Å². The van der Waals surface area contributed by atoms with Crippen LogP contribution in [0.1, 0.15) is 0 Å². The van der Waals surface area contributed by atoms with Crippen molar-refractivity contribution in [2.75, 3.05) is 0 Å². The molecule has 4 nitrogen and oxygen atoms in total. The lowest BCUT2D eigenvalue weighted by molar-refractivity contribution is 0.175. The first-order valence-corrected chi connectivity index (χ1v) is 3.07. The smallest absolute Gasteiger partial charge is 0.156 e. The summed E-state index contributed by atoms with van der Waals surface area (Å²) in [7, 11) is 0. The van der Waals surface area contributed by atoms with Crippen LogP contribution in [0.15, 0.2) is 24.0 Å². The molecule has 11 heavy (non-hydrogen) atoms. The molecule has 4 N–H and O–H groups in total. The average molecular weight is 152 g/mol. The van der Waals surface area contributed by atoms with Crippen LogP contribution in [0.3, 0.4) is 0 Å². The number of aliphatic hydroxyl groups is 2. The zero-order valence-electron chi connectivity index (χ0n) is 5.73. The molecular weight excluding hydrogens is 144 g/mol. The molecule has 0 spiro atoms. The van der Waals surface area contributed by atoms with Gasteiger partial charge in [0.05, 0.1) is 6.07 Å². The summed E-state index contributed by atoms with van der Waals surface area (Å²) in [5.74, 6) is -0.0978. The van der Waals surface area contributed by atoms with E-state index in [0.717, 1.165) is 6.08 Å². The first-order chi connectivity index (χ1) is 5.08. The van der Waals surface area contributed by atoms with Gasteiger partial charge in [0.2, 0.25) is 0 Å². The van der Waals surface area contributed by atoms with Crippen molar-refractivity contribution in [1.82, 2.24) is 0 Å². The van der Waals surface area contributed by atoms with Crippen LogP contribution in [0.25, 0.3) is 0 Å². The second-order valence-electron chi connectivity index (χ2n) is 2.42. The lowest BCUT2D eigenvalue weighted by Crippen LogP contribution is -2.48. The van der Waals surface area contributed by atoms with Gasteiger partial charge in [0.25, 0.3) is 0 Å². The molecule has 0 aromatic heterocycles. The minimum Gasteiger partial charge on any atom is -0.508 e. The van der Waals surface area contributed by atoms with Crippen molar-refractivity contribution in [3.63, 3.8) is 0 Å². The van der Waals surface area contributed by atoms with E-state index in [2.05, 4.69) is 0 Å². The van der Waals surface area contributed by atoms with Crippen molar-refractivity contribution in [3.05, 3.63) is 24.0 Å². The molecule has 2 unspecified atom stereocenters. The van der Waals surface area contributed by atoms with E-state index in [4.69, 9.17) is 21.2 Å². The molecule has 58 valence electrons. The summed E-state index contributed by atoms with van der Waals surface area (Å²) in [6.07, 6.45) is 2.65. The van der Waals surface area contributed by atoms with E-state index in [1.54, 1.807) is 6.07 Å². The number of nitrogens with zero attached hydrogens (tertiary/aromatic N) is 1. The highest BCUT2D eigenvalue weighted by Crippen LogP contribution is 2.17. The number of aliphatic hydroxyl groups excluding tert-OH is 2. The Labute approximate surface area is 63.9 Å². The quantitative estimate of drug-likeness (QED) is 0.439. The van der Waals surface area contributed by atoms with Crippen LogP contribution in [-0.2, 0) is 0 Å². The summed E-state index contributed by atoms with van der Waals surface area (Å²) in [6.45, 7) is 0. The fourth-order valence-corrected chi connectivity index (χ4v) is 0.826. The zero-order chi connectivity index (χ0) is 8.48. The van der Waals surface area contributed by atoms with E-state index < -0.39 is 11.6 Å².